The molecule has 0 amide bonds. The van der Waals surface area contributed by atoms with E-state index in [0.29, 0.717) is 0 Å². The second-order valence-electron chi connectivity index (χ2n) is 8.12. The number of rotatable bonds is 16. The summed E-state index contributed by atoms with van der Waals surface area (Å²) in [5.41, 5.74) is 0. The van der Waals surface area contributed by atoms with Crippen LogP contribution in [0.25, 0.3) is 0 Å². The van der Waals surface area contributed by atoms with Crippen molar-refractivity contribution < 1.29 is 14.9 Å². The Hall–Kier alpha value is -0.610. The summed E-state index contributed by atoms with van der Waals surface area (Å²) in [7, 11) is 0. The van der Waals surface area contributed by atoms with Crippen molar-refractivity contribution in [2.75, 3.05) is 19.6 Å². The average molecular weight is 370 g/mol. The molecule has 4 heteroatoms. The zero-order valence-corrected chi connectivity index (χ0v) is 17.2. The van der Waals surface area contributed by atoms with Crippen LogP contribution in [0.15, 0.2) is 0 Å². The molecular formula is C22H43NO3. The van der Waals surface area contributed by atoms with Gasteiger partial charge in [0.2, 0.25) is 0 Å². The van der Waals surface area contributed by atoms with E-state index in [0.717, 1.165) is 32.5 Å². The van der Waals surface area contributed by atoms with Crippen LogP contribution in [0.2, 0.25) is 0 Å². The van der Waals surface area contributed by atoms with Crippen LogP contribution in [0, 0.1) is 5.92 Å². The molecule has 0 aromatic heterocycles. The highest BCUT2D eigenvalue weighted by Crippen LogP contribution is 2.19. The number of nitrogens with zero attached hydrogens (tertiary/aromatic N) is 1. The first-order valence-electron chi connectivity index (χ1n) is 11.4. The molecule has 1 fully saturated rings. The van der Waals surface area contributed by atoms with Crippen molar-refractivity contribution in [2.45, 2.75) is 110 Å². The van der Waals surface area contributed by atoms with Gasteiger partial charge in [0.15, 0.2) is 0 Å². The van der Waals surface area contributed by atoms with E-state index in [4.69, 9.17) is 5.26 Å². The van der Waals surface area contributed by atoms with Gasteiger partial charge in [-0.25, -0.2) is 4.79 Å². The van der Waals surface area contributed by atoms with E-state index in [-0.39, 0.29) is 5.92 Å². The molecule has 1 heterocycles. The molecule has 1 saturated heterocycles. The smallest absolute Gasteiger partial charge is 0.303 e. The van der Waals surface area contributed by atoms with Crippen LogP contribution in [0.3, 0.4) is 0 Å². The SMILES string of the molecule is CCCCCCCCCCCCCCCCN1CCC(C(=O)OO)CC1. The summed E-state index contributed by atoms with van der Waals surface area (Å²) < 4.78 is 0. The molecule has 1 N–H and O–H groups in total. The van der Waals surface area contributed by atoms with E-state index < -0.39 is 5.97 Å². The molecular weight excluding hydrogens is 326 g/mol. The standard InChI is InChI=1S/C22H43NO3/c1-2-3-4-5-6-7-8-9-10-11-12-13-14-15-18-23-19-16-21(17-20-23)22(24)26-25/h21,25H,2-20H2,1H3. The monoisotopic (exact) mass is 369 g/mol. The number of hydrogen-bond acceptors (Lipinski definition) is 4. The van der Waals surface area contributed by atoms with Gasteiger partial charge < -0.3 is 9.79 Å². The first-order chi connectivity index (χ1) is 12.8. The van der Waals surface area contributed by atoms with E-state index in [1.807, 2.05) is 0 Å². The highest BCUT2D eigenvalue weighted by molar-refractivity contribution is 5.71. The fourth-order valence-corrected chi connectivity index (χ4v) is 4.00. The van der Waals surface area contributed by atoms with Crippen LogP contribution in [0.5, 0.6) is 0 Å². The maximum Gasteiger partial charge on any atom is 0.345 e. The van der Waals surface area contributed by atoms with Gasteiger partial charge in [-0.3, -0.25) is 0 Å². The summed E-state index contributed by atoms with van der Waals surface area (Å²) in [4.78, 5) is 17.6. The third kappa shape index (κ3) is 11.9. The number of piperidine rings is 1. The minimum absolute atomic E-state index is 0.104. The highest BCUT2D eigenvalue weighted by atomic mass is 17.1. The Kier molecular flexibility index (Phi) is 14.9. The summed E-state index contributed by atoms with van der Waals surface area (Å²) in [6.07, 6.45) is 21.2. The molecule has 1 aliphatic rings. The Labute approximate surface area is 161 Å². The second kappa shape index (κ2) is 16.6. The molecule has 1 aliphatic heterocycles. The maximum absolute atomic E-state index is 11.3. The lowest BCUT2D eigenvalue weighted by molar-refractivity contribution is -0.240. The third-order valence-corrected chi connectivity index (χ3v) is 5.84. The van der Waals surface area contributed by atoms with E-state index in [1.54, 1.807) is 0 Å². The van der Waals surface area contributed by atoms with E-state index in [2.05, 4.69) is 16.7 Å². The van der Waals surface area contributed by atoms with Crippen molar-refractivity contribution in [3.8, 4) is 0 Å². The molecule has 1 rings (SSSR count). The summed E-state index contributed by atoms with van der Waals surface area (Å²) in [6.45, 7) is 5.34. The number of unbranched alkanes of at least 4 members (excludes halogenated alkanes) is 13. The molecule has 0 aliphatic carbocycles. The molecule has 4 nitrogen and oxygen atoms in total. The topological polar surface area (TPSA) is 49.8 Å². The minimum atomic E-state index is -0.457. The second-order valence-corrected chi connectivity index (χ2v) is 8.12. The van der Waals surface area contributed by atoms with Crippen molar-refractivity contribution in [1.82, 2.24) is 4.90 Å². The van der Waals surface area contributed by atoms with E-state index in [1.165, 1.54) is 89.9 Å². The molecule has 0 radical (unpaired) electrons. The lowest BCUT2D eigenvalue weighted by atomic mass is 9.97. The quantitative estimate of drug-likeness (QED) is 0.200. The molecule has 0 unspecified atom stereocenters. The van der Waals surface area contributed by atoms with Gasteiger partial charge in [-0.1, -0.05) is 90.4 Å². The van der Waals surface area contributed by atoms with Gasteiger partial charge in [-0.05, 0) is 38.9 Å². The fraction of sp³-hybridized carbons (Fsp3) is 0.955. The summed E-state index contributed by atoms with van der Waals surface area (Å²) >= 11 is 0. The van der Waals surface area contributed by atoms with E-state index in [9.17, 15) is 4.79 Å². The zero-order chi connectivity index (χ0) is 18.9. The van der Waals surface area contributed by atoms with Crippen molar-refractivity contribution >= 4 is 5.97 Å². The normalized spacial score (nSPS) is 16.1. The van der Waals surface area contributed by atoms with Gasteiger partial charge in [-0.2, -0.15) is 5.26 Å². The summed E-state index contributed by atoms with van der Waals surface area (Å²) in [5, 5.41) is 8.43. The zero-order valence-electron chi connectivity index (χ0n) is 17.2. The molecule has 0 atom stereocenters. The summed E-state index contributed by atoms with van der Waals surface area (Å²) in [6, 6.07) is 0. The van der Waals surface area contributed by atoms with Crippen LogP contribution in [0.1, 0.15) is 110 Å². The molecule has 0 saturated carbocycles. The van der Waals surface area contributed by atoms with Crippen LogP contribution in [0.4, 0.5) is 0 Å². The Balaban J connectivity index is 1.78. The van der Waals surface area contributed by atoms with Crippen molar-refractivity contribution in [3.05, 3.63) is 0 Å². The number of hydrogen-bond donors (Lipinski definition) is 1. The molecule has 0 spiro atoms. The van der Waals surface area contributed by atoms with Gasteiger partial charge in [0.05, 0.1) is 5.92 Å². The largest absolute Gasteiger partial charge is 0.345 e. The van der Waals surface area contributed by atoms with Gasteiger partial charge in [0.25, 0.3) is 0 Å². The van der Waals surface area contributed by atoms with Gasteiger partial charge >= 0.3 is 5.97 Å². The summed E-state index contributed by atoms with van der Waals surface area (Å²) in [5.74, 6) is -0.561. The first-order valence-corrected chi connectivity index (χ1v) is 11.4. The highest BCUT2D eigenvalue weighted by Gasteiger charge is 2.25. The third-order valence-electron chi connectivity index (χ3n) is 5.84. The molecule has 0 aromatic rings. The van der Waals surface area contributed by atoms with Crippen LogP contribution >= 0.6 is 0 Å². The molecule has 26 heavy (non-hydrogen) atoms. The van der Waals surface area contributed by atoms with E-state index >= 15 is 0 Å². The Morgan fingerprint density at radius 1 is 0.808 bits per heavy atom. The van der Waals surface area contributed by atoms with Gasteiger partial charge in [0, 0.05) is 0 Å². The minimum Gasteiger partial charge on any atom is -0.303 e. The maximum atomic E-state index is 11.3. The van der Waals surface area contributed by atoms with Crippen LogP contribution < -0.4 is 0 Å². The number of carbonyl (C=O) groups excluding carboxylic acids is 1. The molecule has 0 aromatic carbocycles. The predicted molar refractivity (Wildman–Crippen MR) is 108 cm³/mol. The Morgan fingerprint density at radius 2 is 1.23 bits per heavy atom. The molecule has 0 bridgehead atoms. The number of carbonyl (C=O) groups is 1. The fourth-order valence-electron chi connectivity index (χ4n) is 4.00. The van der Waals surface area contributed by atoms with Crippen molar-refractivity contribution in [3.63, 3.8) is 0 Å². The van der Waals surface area contributed by atoms with Crippen molar-refractivity contribution in [1.29, 1.82) is 0 Å². The molecule has 154 valence electrons. The van der Waals surface area contributed by atoms with Crippen molar-refractivity contribution in [2.24, 2.45) is 5.92 Å². The Bertz CT molecular complexity index is 327. The van der Waals surface area contributed by atoms with Gasteiger partial charge in [0.1, 0.15) is 0 Å². The lowest BCUT2D eigenvalue weighted by Gasteiger charge is -2.30. The predicted octanol–water partition coefficient (Wildman–Crippen LogP) is 6.20. The van der Waals surface area contributed by atoms with Gasteiger partial charge in [-0.15, -0.1) is 0 Å². The first kappa shape index (κ1) is 23.4. The number of likely N-dealkylation sites (tertiary alicyclic amines) is 1. The van der Waals surface area contributed by atoms with Crippen LogP contribution in [-0.2, 0) is 9.68 Å². The lowest BCUT2D eigenvalue weighted by Crippen LogP contribution is -2.37. The van der Waals surface area contributed by atoms with Crippen LogP contribution in [-0.4, -0.2) is 35.8 Å². The Morgan fingerprint density at radius 3 is 1.65 bits per heavy atom. The average Bonchev–Trinajstić information content (AvgIpc) is 2.68.